The highest BCUT2D eigenvalue weighted by atomic mass is 16.5. The average molecular weight is 401 g/mol. The van der Waals surface area contributed by atoms with Crippen LogP contribution in [-0.2, 0) is 13.0 Å². The first-order chi connectivity index (χ1) is 14.7. The largest absolute Gasteiger partial charge is 0.350 e. The standard InChI is InChI=1S/C23H23N5O2/c1-15-6-8-16(9-7-15)14-28-19-5-3-2-4-18(19)21(26-28)22(29)24-13-12-20-25-23(30-27-20)17-10-11-17/h2-9,17H,10-14H2,1H3,(H,24,29). The fraction of sp³-hybridized carbons (Fsp3) is 0.304. The van der Waals surface area contributed by atoms with Crippen LogP contribution < -0.4 is 5.32 Å². The molecule has 0 unspecified atom stereocenters. The van der Waals surface area contributed by atoms with E-state index >= 15 is 0 Å². The molecule has 0 radical (unpaired) electrons. The van der Waals surface area contributed by atoms with Gasteiger partial charge in [-0.25, -0.2) is 0 Å². The van der Waals surface area contributed by atoms with E-state index in [-0.39, 0.29) is 5.91 Å². The summed E-state index contributed by atoms with van der Waals surface area (Å²) in [5.41, 5.74) is 3.74. The Balaban J connectivity index is 1.30. The van der Waals surface area contributed by atoms with E-state index in [4.69, 9.17) is 4.52 Å². The van der Waals surface area contributed by atoms with E-state index in [2.05, 4.69) is 51.7 Å². The van der Waals surface area contributed by atoms with Crippen molar-refractivity contribution in [1.29, 1.82) is 0 Å². The summed E-state index contributed by atoms with van der Waals surface area (Å²) in [6.45, 7) is 3.11. The van der Waals surface area contributed by atoms with Crippen LogP contribution in [0.3, 0.4) is 0 Å². The molecular formula is C23H23N5O2. The molecule has 1 N–H and O–H groups in total. The zero-order valence-electron chi connectivity index (χ0n) is 16.8. The minimum atomic E-state index is -0.195. The number of nitrogens with one attached hydrogen (secondary N) is 1. The van der Waals surface area contributed by atoms with Crippen molar-refractivity contribution in [3.8, 4) is 0 Å². The average Bonchev–Trinajstić information content (AvgIpc) is 3.40. The summed E-state index contributed by atoms with van der Waals surface area (Å²) in [4.78, 5) is 17.2. The van der Waals surface area contributed by atoms with Crippen molar-refractivity contribution in [2.75, 3.05) is 6.54 Å². The van der Waals surface area contributed by atoms with E-state index in [0.717, 1.165) is 35.2 Å². The highest BCUT2D eigenvalue weighted by Crippen LogP contribution is 2.38. The van der Waals surface area contributed by atoms with Crippen LogP contribution in [0.25, 0.3) is 10.9 Å². The van der Waals surface area contributed by atoms with E-state index in [1.165, 1.54) is 5.56 Å². The van der Waals surface area contributed by atoms with Gasteiger partial charge in [0.05, 0.1) is 12.1 Å². The van der Waals surface area contributed by atoms with Gasteiger partial charge in [0.15, 0.2) is 11.5 Å². The topological polar surface area (TPSA) is 85.8 Å². The lowest BCUT2D eigenvalue weighted by atomic mass is 10.1. The maximum atomic E-state index is 12.8. The van der Waals surface area contributed by atoms with E-state index in [1.54, 1.807) is 0 Å². The molecular weight excluding hydrogens is 378 g/mol. The summed E-state index contributed by atoms with van der Waals surface area (Å²) >= 11 is 0. The van der Waals surface area contributed by atoms with Crippen LogP contribution >= 0.6 is 0 Å². The molecule has 1 aliphatic carbocycles. The Morgan fingerprint density at radius 2 is 1.97 bits per heavy atom. The predicted molar refractivity (Wildman–Crippen MR) is 112 cm³/mol. The van der Waals surface area contributed by atoms with Gasteiger partial charge >= 0.3 is 0 Å². The number of aryl methyl sites for hydroxylation is 1. The summed E-state index contributed by atoms with van der Waals surface area (Å²) in [5, 5.41) is 12.4. The molecule has 5 rings (SSSR count). The van der Waals surface area contributed by atoms with Gasteiger partial charge in [0.2, 0.25) is 5.89 Å². The molecule has 2 aromatic carbocycles. The molecule has 0 saturated heterocycles. The van der Waals surface area contributed by atoms with Crippen LogP contribution in [0.5, 0.6) is 0 Å². The minimum Gasteiger partial charge on any atom is -0.350 e. The predicted octanol–water partition coefficient (Wildman–Crippen LogP) is 3.63. The third-order valence-corrected chi connectivity index (χ3v) is 5.37. The second kappa shape index (κ2) is 7.74. The quantitative estimate of drug-likeness (QED) is 0.511. The van der Waals surface area contributed by atoms with Crippen molar-refractivity contribution in [1.82, 2.24) is 25.2 Å². The first kappa shape index (κ1) is 18.5. The van der Waals surface area contributed by atoms with Gasteiger partial charge in [-0.2, -0.15) is 10.1 Å². The number of carbonyl (C=O) groups is 1. The lowest BCUT2D eigenvalue weighted by molar-refractivity contribution is 0.0949. The molecule has 1 fully saturated rings. The van der Waals surface area contributed by atoms with Crippen LogP contribution in [-0.4, -0.2) is 32.4 Å². The van der Waals surface area contributed by atoms with Crippen molar-refractivity contribution < 1.29 is 9.32 Å². The van der Waals surface area contributed by atoms with Gasteiger partial charge in [0, 0.05) is 24.3 Å². The Labute approximate surface area is 174 Å². The van der Waals surface area contributed by atoms with Crippen molar-refractivity contribution in [2.45, 2.75) is 38.6 Å². The van der Waals surface area contributed by atoms with Crippen molar-refractivity contribution in [2.24, 2.45) is 0 Å². The highest BCUT2D eigenvalue weighted by molar-refractivity contribution is 6.04. The summed E-state index contributed by atoms with van der Waals surface area (Å²) in [7, 11) is 0. The minimum absolute atomic E-state index is 0.195. The number of carbonyl (C=O) groups excluding carboxylic acids is 1. The van der Waals surface area contributed by atoms with E-state index < -0.39 is 0 Å². The zero-order valence-corrected chi connectivity index (χ0v) is 16.8. The number of aromatic nitrogens is 4. The van der Waals surface area contributed by atoms with Crippen LogP contribution in [0.4, 0.5) is 0 Å². The van der Waals surface area contributed by atoms with Crippen molar-refractivity contribution in [3.63, 3.8) is 0 Å². The SMILES string of the molecule is Cc1ccc(Cn2nc(C(=O)NCCc3noc(C4CC4)n3)c3ccccc32)cc1. The number of nitrogens with zero attached hydrogens (tertiary/aromatic N) is 4. The third kappa shape index (κ3) is 3.83. The zero-order chi connectivity index (χ0) is 20.5. The monoisotopic (exact) mass is 401 g/mol. The molecule has 0 spiro atoms. The van der Waals surface area contributed by atoms with E-state index in [9.17, 15) is 4.79 Å². The van der Waals surface area contributed by atoms with Gasteiger partial charge in [0.1, 0.15) is 0 Å². The lowest BCUT2D eigenvalue weighted by Crippen LogP contribution is -2.26. The van der Waals surface area contributed by atoms with Crippen LogP contribution in [0.1, 0.15) is 52.1 Å². The lowest BCUT2D eigenvalue weighted by Gasteiger charge is -2.04. The Bertz CT molecular complexity index is 1190. The second-order valence-electron chi connectivity index (χ2n) is 7.84. The Kier molecular flexibility index (Phi) is 4.78. The number of amides is 1. The number of fused-ring (bicyclic) bond motifs is 1. The van der Waals surface area contributed by atoms with Gasteiger partial charge in [-0.1, -0.05) is 53.2 Å². The van der Waals surface area contributed by atoms with Crippen molar-refractivity contribution in [3.05, 3.63) is 77.1 Å². The fourth-order valence-electron chi connectivity index (χ4n) is 3.52. The number of hydrogen-bond donors (Lipinski definition) is 1. The normalized spacial score (nSPS) is 13.6. The number of benzene rings is 2. The molecule has 2 aromatic heterocycles. The van der Waals surface area contributed by atoms with Gasteiger partial charge in [-0.05, 0) is 31.4 Å². The van der Waals surface area contributed by atoms with Crippen LogP contribution in [0.2, 0.25) is 0 Å². The van der Waals surface area contributed by atoms with Crippen molar-refractivity contribution >= 4 is 16.8 Å². The number of para-hydroxylation sites is 1. The molecule has 0 atom stereocenters. The molecule has 7 nitrogen and oxygen atoms in total. The maximum absolute atomic E-state index is 12.8. The van der Waals surface area contributed by atoms with Gasteiger partial charge in [0.25, 0.3) is 5.91 Å². The molecule has 1 aliphatic rings. The Hall–Kier alpha value is -3.48. The van der Waals surface area contributed by atoms with Gasteiger partial charge in [-0.15, -0.1) is 0 Å². The van der Waals surface area contributed by atoms with E-state index in [1.807, 2.05) is 28.9 Å². The summed E-state index contributed by atoms with van der Waals surface area (Å²) in [6.07, 6.45) is 2.78. The molecule has 1 amide bonds. The highest BCUT2D eigenvalue weighted by Gasteiger charge is 2.29. The second-order valence-corrected chi connectivity index (χ2v) is 7.84. The molecule has 152 valence electrons. The Morgan fingerprint density at radius 1 is 1.17 bits per heavy atom. The third-order valence-electron chi connectivity index (χ3n) is 5.37. The molecule has 7 heteroatoms. The fourth-order valence-corrected chi connectivity index (χ4v) is 3.52. The first-order valence-electron chi connectivity index (χ1n) is 10.3. The smallest absolute Gasteiger partial charge is 0.272 e. The molecule has 30 heavy (non-hydrogen) atoms. The van der Waals surface area contributed by atoms with Gasteiger partial charge in [-0.3, -0.25) is 9.48 Å². The molecule has 1 saturated carbocycles. The molecule has 0 aliphatic heterocycles. The summed E-state index contributed by atoms with van der Waals surface area (Å²) in [5.74, 6) is 1.59. The molecule has 0 bridgehead atoms. The first-order valence-corrected chi connectivity index (χ1v) is 10.3. The number of rotatable bonds is 7. The maximum Gasteiger partial charge on any atom is 0.272 e. The molecule has 2 heterocycles. The number of hydrogen-bond acceptors (Lipinski definition) is 5. The van der Waals surface area contributed by atoms with E-state index in [0.29, 0.717) is 36.9 Å². The Morgan fingerprint density at radius 3 is 2.77 bits per heavy atom. The molecule has 4 aromatic rings. The summed E-state index contributed by atoms with van der Waals surface area (Å²) < 4.78 is 7.15. The van der Waals surface area contributed by atoms with Crippen LogP contribution in [0, 0.1) is 6.92 Å². The summed E-state index contributed by atoms with van der Waals surface area (Å²) in [6, 6.07) is 16.2. The van der Waals surface area contributed by atoms with Crippen LogP contribution in [0.15, 0.2) is 53.1 Å². The van der Waals surface area contributed by atoms with Gasteiger partial charge < -0.3 is 9.84 Å².